The molecule has 1 atom stereocenters. The standard InChI is InChI=1S/C21H18N2O3/c1-3-25-13(2)26-21(24)10-20-18-8-14(11-22)4-6-16(18)17-7-5-15(12-23)9-19(17)20/h4-9,13,20H,3,10H2,1-2H3. The number of hydrogen-bond acceptors (Lipinski definition) is 5. The molecule has 26 heavy (non-hydrogen) atoms. The molecule has 0 bridgehead atoms. The number of carbonyl (C=O) groups is 1. The minimum atomic E-state index is -0.608. The Bertz CT molecular complexity index is 874. The first-order valence-corrected chi connectivity index (χ1v) is 8.47. The van der Waals surface area contributed by atoms with Crippen LogP contribution in [0.15, 0.2) is 36.4 Å². The van der Waals surface area contributed by atoms with Crippen molar-refractivity contribution in [1.29, 1.82) is 10.5 Å². The average molecular weight is 346 g/mol. The van der Waals surface area contributed by atoms with E-state index in [1.807, 2.05) is 31.2 Å². The predicted octanol–water partition coefficient (Wildman–Crippen LogP) is 3.86. The van der Waals surface area contributed by atoms with Gasteiger partial charge in [0.15, 0.2) is 6.29 Å². The molecule has 2 aromatic rings. The second-order valence-corrected chi connectivity index (χ2v) is 6.10. The number of carbonyl (C=O) groups excluding carboxylic acids is 1. The van der Waals surface area contributed by atoms with E-state index in [1.165, 1.54) is 0 Å². The molecule has 0 amide bonds. The fourth-order valence-electron chi connectivity index (χ4n) is 3.39. The van der Waals surface area contributed by atoms with Crippen LogP contribution in [0.5, 0.6) is 0 Å². The van der Waals surface area contributed by atoms with E-state index in [1.54, 1.807) is 19.1 Å². The van der Waals surface area contributed by atoms with Crippen LogP contribution in [0.4, 0.5) is 0 Å². The maximum atomic E-state index is 12.4. The molecule has 1 aliphatic rings. The number of nitriles is 2. The molecule has 1 aliphatic carbocycles. The first-order valence-electron chi connectivity index (χ1n) is 8.47. The van der Waals surface area contributed by atoms with E-state index in [9.17, 15) is 15.3 Å². The lowest BCUT2D eigenvalue weighted by Gasteiger charge is -2.16. The zero-order chi connectivity index (χ0) is 18.7. The van der Waals surface area contributed by atoms with Gasteiger partial charge in [-0.25, -0.2) is 0 Å². The zero-order valence-electron chi connectivity index (χ0n) is 14.7. The van der Waals surface area contributed by atoms with Crippen molar-refractivity contribution in [2.45, 2.75) is 32.5 Å². The molecule has 5 nitrogen and oxygen atoms in total. The third kappa shape index (κ3) is 3.31. The second kappa shape index (κ2) is 7.39. The Morgan fingerprint density at radius 1 is 1.08 bits per heavy atom. The molecule has 5 heteroatoms. The summed E-state index contributed by atoms with van der Waals surface area (Å²) >= 11 is 0. The average Bonchev–Trinajstić information content (AvgIpc) is 2.94. The van der Waals surface area contributed by atoms with Crippen molar-refractivity contribution in [2.24, 2.45) is 0 Å². The quantitative estimate of drug-likeness (QED) is 0.606. The van der Waals surface area contributed by atoms with Gasteiger partial charge in [-0.15, -0.1) is 0 Å². The topological polar surface area (TPSA) is 83.1 Å². The van der Waals surface area contributed by atoms with Gasteiger partial charge in [0.25, 0.3) is 0 Å². The van der Waals surface area contributed by atoms with Crippen LogP contribution in [0.3, 0.4) is 0 Å². The monoisotopic (exact) mass is 346 g/mol. The second-order valence-electron chi connectivity index (χ2n) is 6.10. The van der Waals surface area contributed by atoms with Crippen LogP contribution in [0.1, 0.15) is 48.4 Å². The van der Waals surface area contributed by atoms with Crippen molar-refractivity contribution < 1.29 is 14.3 Å². The van der Waals surface area contributed by atoms with Crippen molar-refractivity contribution in [3.63, 3.8) is 0 Å². The summed E-state index contributed by atoms with van der Waals surface area (Å²) in [6, 6.07) is 15.2. The van der Waals surface area contributed by atoms with Crippen LogP contribution >= 0.6 is 0 Å². The SMILES string of the molecule is CCOC(C)OC(=O)CC1c2cc(C#N)ccc2-c2ccc(C#N)cc21. The normalized spacial score (nSPS) is 13.2. The first-order chi connectivity index (χ1) is 12.6. The van der Waals surface area contributed by atoms with Gasteiger partial charge in [0.1, 0.15) is 0 Å². The molecule has 0 N–H and O–H groups in total. The molecule has 0 saturated carbocycles. The molecule has 0 aliphatic heterocycles. The fourth-order valence-corrected chi connectivity index (χ4v) is 3.39. The smallest absolute Gasteiger partial charge is 0.309 e. The molecule has 0 radical (unpaired) electrons. The van der Waals surface area contributed by atoms with Gasteiger partial charge >= 0.3 is 5.97 Å². The van der Waals surface area contributed by atoms with Gasteiger partial charge in [0, 0.05) is 12.5 Å². The number of esters is 1. The molecule has 0 fully saturated rings. The Labute approximate surface area is 152 Å². The lowest BCUT2D eigenvalue weighted by atomic mass is 9.92. The van der Waals surface area contributed by atoms with Gasteiger partial charge < -0.3 is 9.47 Å². The molecule has 0 spiro atoms. The fraction of sp³-hybridized carbons (Fsp3) is 0.286. The Morgan fingerprint density at radius 2 is 1.62 bits per heavy atom. The molecular weight excluding hydrogens is 328 g/mol. The lowest BCUT2D eigenvalue weighted by Crippen LogP contribution is -2.19. The van der Waals surface area contributed by atoms with E-state index in [-0.39, 0.29) is 18.3 Å². The molecule has 3 rings (SSSR count). The Morgan fingerprint density at radius 3 is 2.08 bits per heavy atom. The van der Waals surface area contributed by atoms with Crippen LogP contribution in [-0.4, -0.2) is 18.9 Å². The Balaban J connectivity index is 1.97. The van der Waals surface area contributed by atoms with Crippen molar-refractivity contribution in [2.75, 3.05) is 6.61 Å². The third-order valence-corrected chi connectivity index (χ3v) is 4.47. The minimum Gasteiger partial charge on any atom is -0.436 e. The molecule has 0 heterocycles. The summed E-state index contributed by atoms with van der Waals surface area (Å²) in [4.78, 5) is 12.4. The van der Waals surface area contributed by atoms with Crippen LogP contribution in [0, 0.1) is 22.7 Å². The molecule has 2 aromatic carbocycles. The van der Waals surface area contributed by atoms with Gasteiger partial charge in [-0.1, -0.05) is 12.1 Å². The summed E-state index contributed by atoms with van der Waals surface area (Å²) in [7, 11) is 0. The van der Waals surface area contributed by atoms with Crippen molar-refractivity contribution in [3.8, 4) is 23.3 Å². The van der Waals surface area contributed by atoms with Crippen LogP contribution in [-0.2, 0) is 14.3 Å². The number of ether oxygens (including phenoxy) is 2. The minimum absolute atomic E-state index is 0.126. The summed E-state index contributed by atoms with van der Waals surface area (Å²) < 4.78 is 10.6. The molecule has 1 unspecified atom stereocenters. The van der Waals surface area contributed by atoms with E-state index in [2.05, 4.69) is 12.1 Å². The maximum Gasteiger partial charge on any atom is 0.309 e. The highest BCUT2D eigenvalue weighted by Crippen LogP contribution is 2.47. The van der Waals surface area contributed by atoms with Crippen molar-refractivity contribution in [1.82, 2.24) is 0 Å². The van der Waals surface area contributed by atoms with Gasteiger partial charge in [-0.05, 0) is 60.4 Å². The Kier molecular flexibility index (Phi) is 5.02. The summed E-state index contributed by atoms with van der Waals surface area (Å²) in [5.74, 6) is -0.623. The van der Waals surface area contributed by atoms with Crippen LogP contribution in [0.25, 0.3) is 11.1 Å². The molecule has 0 aromatic heterocycles. The van der Waals surface area contributed by atoms with Gasteiger partial charge in [-0.2, -0.15) is 10.5 Å². The maximum absolute atomic E-state index is 12.4. The predicted molar refractivity (Wildman–Crippen MR) is 94.9 cm³/mol. The highest BCUT2D eigenvalue weighted by Gasteiger charge is 2.31. The molecular formula is C21H18N2O3. The van der Waals surface area contributed by atoms with E-state index in [4.69, 9.17) is 9.47 Å². The lowest BCUT2D eigenvalue weighted by molar-refractivity contribution is -0.174. The number of benzene rings is 2. The highest BCUT2D eigenvalue weighted by atomic mass is 16.7. The van der Waals surface area contributed by atoms with E-state index >= 15 is 0 Å². The van der Waals surface area contributed by atoms with Gasteiger partial charge in [0.05, 0.1) is 29.7 Å². The Hall–Kier alpha value is -3.15. The van der Waals surface area contributed by atoms with Crippen molar-refractivity contribution >= 4 is 5.97 Å². The van der Waals surface area contributed by atoms with Gasteiger partial charge in [0.2, 0.25) is 0 Å². The summed E-state index contributed by atoms with van der Waals surface area (Å²) in [6.45, 7) is 3.97. The first kappa shape index (κ1) is 17.7. The van der Waals surface area contributed by atoms with Crippen LogP contribution < -0.4 is 0 Å². The number of fused-ring (bicyclic) bond motifs is 3. The molecule has 0 saturated heterocycles. The zero-order valence-corrected chi connectivity index (χ0v) is 14.7. The van der Waals surface area contributed by atoms with E-state index < -0.39 is 6.29 Å². The van der Waals surface area contributed by atoms with Crippen LogP contribution in [0.2, 0.25) is 0 Å². The largest absolute Gasteiger partial charge is 0.436 e. The summed E-state index contributed by atoms with van der Waals surface area (Å²) in [6.07, 6.45) is -0.481. The van der Waals surface area contributed by atoms with E-state index in [0.717, 1.165) is 22.3 Å². The number of nitrogens with zero attached hydrogens (tertiary/aromatic N) is 2. The molecule has 130 valence electrons. The summed E-state index contributed by atoms with van der Waals surface area (Å²) in [5.41, 5.74) is 4.87. The number of rotatable bonds is 5. The highest BCUT2D eigenvalue weighted by molar-refractivity contribution is 5.83. The van der Waals surface area contributed by atoms with Crippen molar-refractivity contribution in [3.05, 3.63) is 58.7 Å². The summed E-state index contributed by atoms with van der Waals surface area (Å²) in [5, 5.41) is 18.4. The van der Waals surface area contributed by atoms with Gasteiger partial charge in [-0.3, -0.25) is 4.79 Å². The number of hydrogen-bond donors (Lipinski definition) is 0. The van der Waals surface area contributed by atoms with E-state index in [0.29, 0.717) is 17.7 Å². The third-order valence-electron chi connectivity index (χ3n) is 4.47.